The molecule has 1 aromatic rings. The van der Waals surface area contributed by atoms with Gasteiger partial charge in [0.1, 0.15) is 0 Å². The first-order valence-electron chi connectivity index (χ1n) is 8.92. The lowest BCUT2D eigenvalue weighted by molar-refractivity contribution is -0.127. The number of halogens is 1. The van der Waals surface area contributed by atoms with Gasteiger partial charge >= 0.3 is 0 Å². The summed E-state index contributed by atoms with van der Waals surface area (Å²) in [4.78, 5) is 18.4. The Morgan fingerprint density at radius 1 is 1.25 bits per heavy atom. The van der Waals surface area contributed by atoms with Gasteiger partial charge in [0.2, 0.25) is 11.9 Å². The summed E-state index contributed by atoms with van der Waals surface area (Å²) in [6, 6.07) is 5.03. The molecule has 1 N–H and O–H groups in total. The SMILES string of the molecule is O=C(NCCN1CCC(c2cccc(F)n2)CC1)C1CCOCC1. The average Bonchev–Trinajstić information content (AvgIpc) is 2.63. The third kappa shape index (κ3) is 4.74. The summed E-state index contributed by atoms with van der Waals surface area (Å²) in [6.07, 6.45) is 3.64. The largest absolute Gasteiger partial charge is 0.381 e. The number of likely N-dealkylation sites (tertiary alicyclic amines) is 1. The van der Waals surface area contributed by atoms with Crippen molar-refractivity contribution in [1.29, 1.82) is 0 Å². The number of piperidine rings is 1. The molecule has 2 saturated heterocycles. The Morgan fingerprint density at radius 3 is 2.71 bits per heavy atom. The summed E-state index contributed by atoms with van der Waals surface area (Å²) in [5, 5.41) is 3.05. The highest BCUT2D eigenvalue weighted by Crippen LogP contribution is 2.26. The monoisotopic (exact) mass is 335 g/mol. The quantitative estimate of drug-likeness (QED) is 0.836. The topological polar surface area (TPSA) is 54.5 Å². The molecule has 2 aliphatic heterocycles. The smallest absolute Gasteiger partial charge is 0.223 e. The minimum atomic E-state index is -0.397. The Kier molecular flexibility index (Phi) is 6.15. The van der Waals surface area contributed by atoms with Crippen molar-refractivity contribution in [2.45, 2.75) is 31.6 Å². The minimum Gasteiger partial charge on any atom is -0.381 e. The average molecular weight is 335 g/mol. The normalized spacial score (nSPS) is 20.9. The second-order valence-electron chi connectivity index (χ2n) is 6.68. The van der Waals surface area contributed by atoms with Crippen LogP contribution in [0.25, 0.3) is 0 Å². The van der Waals surface area contributed by atoms with Gasteiger partial charge in [-0.1, -0.05) is 6.07 Å². The molecule has 0 aliphatic carbocycles. The van der Waals surface area contributed by atoms with Crippen LogP contribution in [-0.2, 0) is 9.53 Å². The van der Waals surface area contributed by atoms with E-state index in [1.165, 1.54) is 6.07 Å². The molecule has 1 aromatic heterocycles. The summed E-state index contributed by atoms with van der Waals surface area (Å²) >= 11 is 0. The van der Waals surface area contributed by atoms with Gasteiger partial charge < -0.3 is 15.0 Å². The molecule has 3 heterocycles. The van der Waals surface area contributed by atoms with E-state index >= 15 is 0 Å². The van der Waals surface area contributed by atoms with Crippen LogP contribution in [0.3, 0.4) is 0 Å². The van der Waals surface area contributed by atoms with Crippen LogP contribution in [0.4, 0.5) is 4.39 Å². The maximum Gasteiger partial charge on any atom is 0.223 e. The van der Waals surface area contributed by atoms with Crippen LogP contribution in [0.15, 0.2) is 18.2 Å². The van der Waals surface area contributed by atoms with Crippen LogP contribution in [-0.4, -0.2) is 55.2 Å². The Morgan fingerprint density at radius 2 is 2.00 bits per heavy atom. The molecule has 0 spiro atoms. The van der Waals surface area contributed by atoms with E-state index in [1.807, 2.05) is 6.07 Å². The van der Waals surface area contributed by atoms with E-state index in [-0.39, 0.29) is 11.8 Å². The highest BCUT2D eigenvalue weighted by molar-refractivity contribution is 5.78. The van der Waals surface area contributed by atoms with Crippen LogP contribution in [0.5, 0.6) is 0 Å². The molecule has 6 heteroatoms. The number of hydrogen-bond acceptors (Lipinski definition) is 4. The van der Waals surface area contributed by atoms with Gasteiger partial charge in [-0.2, -0.15) is 4.39 Å². The molecule has 24 heavy (non-hydrogen) atoms. The molecule has 0 radical (unpaired) electrons. The van der Waals surface area contributed by atoms with Crippen LogP contribution in [0.1, 0.15) is 37.3 Å². The second-order valence-corrected chi connectivity index (χ2v) is 6.68. The van der Waals surface area contributed by atoms with Crippen LogP contribution in [0.2, 0.25) is 0 Å². The van der Waals surface area contributed by atoms with Gasteiger partial charge in [0, 0.05) is 43.8 Å². The number of carbonyl (C=O) groups is 1. The van der Waals surface area contributed by atoms with Crippen molar-refractivity contribution in [1.82, 2.24) is 15.2 Å². The van der Waals surface area contributed by atoms with Gasteiger partial charge in [-0.3, -0.25) is 4.79 Å². The maximum atomic E-state index is 13.2. The lowest BCUT2D eigenvalue weighted by atomic mass is 9.93. The van der Waals surface area contributed by atoms with E-state index in [2.05, 4.69) is 15.2 Å². The van der Waals surface area contributed by atoms with Crippen LogP contribution in [0, 0.1) is 11.9 Å². The Labute approximate surface area is 142 Å². The molecule has 2 aliphatic rings. The first-order chi connectivity index (χ1) is 11.7. The van der Waals surface area contributed by atoms with Gasteiger partial charge in [-0.05, 0) is 50.9 Å². The summed E-state index contributed by atoms with van der Waals surface area (Å²) in [5.74, 6) is 0.222. The third-order valence-corrected chi connectivity index (χ3v) is 5.06. The number of rotatable bonds is 5. The number of ether oxygens (including phenoxy) is 1. The lowest BCUT2D eigenvalue weighted by Gasteiger charge is -2.31. The number of nitrogens with zero attached hydrogens (tertiary/aromatic N) is 2. The van der Waals surface area contributed by atoms with Gasteiger partial charge in [0.05, 0.1) is 0 Å². The Bertz CT molecular complexity index is 541. The number of pyridine rings is 1. The third-order valence-electron chi connectivity index (χ3n) is 5.06. The molecule has 0 unspecified atom stereocenters. The van der Waals surface area contributed by atoms with Crippen molar-refractivity contribution in [3.8, 4) is 0 Å². The standard InChI is InChI=1S/C18H26FN3O2/c19-17-3-1-2-16(21-17)14-4-9-22(10-5-14)11-8-20-18(23)15-6-12-24-13-7-15/h1-3,14-15H,4-13H2,(H,20,23). The molecule has 0 aromatic carbocycles. The number of amides is 1. The minimum absolute atomic E-state index is 0.114. The highest BCUT2D eigenvalue weighted by atomic mass is 19.1. The number of aromatic nitrogens is 1. The fourth-order valence-electron chi connectivity index (χ4n) is 3.55. The zero-order chi connectivity index (χ0) is 16.8. The molecular formula is C18H26FN3O2. The molecule has 2 fully saturated rings. The molecule has 0 atom stereocenters. The maximum absolute atomic E-state index is 13.2. The molecule has 132 valence electrons. The summed E-state index contributed by atoms with van der Waals surface area (Å²) in [5.41, 5.74) is 0.863. The van der Waals surface area contributed by atoms with E-state index < -0.39 is 5.95 Å². The molecule has 3 rings (SSSR count). The van der Waals surface area contributed by atoms with Gasteiger partial charge in [0.15, 0.2) is 0 Å². The van der Waals surface area contributed by atoms with Crippen molar-refractivity contribution < 1.29 is 13.9 Å². The zero-order valence-corrected chi connectivity index (χ0v) is 14.0. The fourth-order valence-corrected chi connectivity index (χ4v) is 3.55. The summed E-state index contributed by atoms with van der Waals surface area (Å²) in [7, 11) is 0. The number of carbonyl (C=O) groups excluding carboxylic acids is 1. The predicted molar refractivity (Wildman–Crippen MR) is 89.2 cm³/mol. The molecular weight excluding hydrogens is 309 g/mol. The Hall–Kier alpha value is -1.53. The summed E-state index contributed by atoms with van der Waals surface area (Å²) in [6.45, 7) is 4.89. The van der Waals surface area contributed by atoms with Crippen molar-refractivity contribution in [3.63, 3.8) is 0 Å². The van der Waals surface area contributed by atoms with Crippen molar-refractivity contribution >= 4 is 5.91 Å². The molecule has 5 nitrogen and oxygen atoms in total. The van der Waals surface area contributed by atoms with E-state index in [4.69, 9.17) is 4.74 Å². The van der Waals surface area contributed by atoms with Crippen molar-refractivity contribution in [2.24, 2.45) is 5.92 Å². The van der Waals surface area contributed by atoms with E-state index in [9.17, 15) is 9.18 Å². The first kappa shape index (κ1) is 17.3. The molecule has 1 amide bonds. The van der Waals surface area contributed by atoms with E-state index in [0.717, 1.165) is 51.0 Å². The van der Waals surface area contributed by atoms with Crippen molar-refractivity contribution in [2.75, 3.05) is 39.4 Å². The van der Waals surface area contributed by atoms with Gasteiger partial charge in [0.25, 0.3) is 0 Å². The van der Waals surface area contributed by atoms with Gasteiger partial charge in [-0.15, -0.1) is 0 Å². The summed E-state index contributed by atoms with van der Waals surface area (Å²) < 4.78 is 18.5. The van der Waals surface area contributed by atoms with Crippen LogP contribution < -0.4 is 5.32 Å². The first-order valence-corrected chi connectivity index (χ1v) is 8.92. The second kappa shape index (κ2) is 8.53. The van der Waals surface area contributed by atoms with E-state index in [0.29, 0.717) is 25.7 Å². The van der Waals surface area contributed by atoms with Crippen molar-refractivity contribution in [3.05, 3.63) is 29.8 Å². The fraction of sp³-hybridized carbons (Fsp3) is 0.667. The highest BCUT2D eigenvalue weighted by Gasteiger charge is 2.23. The predicted octanol–water partition coefficient (Wildman–Crippen LogP) is 1.94. The lowest BCUT2D eigenvalue weighted by Crippen LogP contribution is -2.41. The molecule has 0 saturated carbocycles. The number of nitrogens with one attached hydrogen (secondary N) is 1. The number of hydrogen-bond donors (Lipinski definition) is 1. The van der Waals surface area contributed by atoms with Gasteiger partial charge in [-0.25, -0.2) is 4.98 Å². The van der Waals surface area contributed by atoms with Crippen LogP contribution >= 0.6 is 0 Å². The molecule has 0 bridgehead atoms. The Balaban J connectivity index is 1.36. The van der Waals surface area contributed by atoms with E-state index in [1.54, 1.807) is 6.07 Å². The zero-order valence-electron chi connectivity index (χ0n) is 14.0.